The Labute approximate surface area is 274 Å². The van der Waals surface area contributed by atoms with Crippen molar-refractivity contribution in [1.29, 1.82) is 0 Å². The number of hydrogen-bond acceptors (Lipinski definition) is 7. The highest BCUT2D eigenvalue weighted by molar-refractivity contribution is 6.25. The minimum absolute atomic E-state index is 0.115. The van der Waals surface area contributed by atoms with Crippen LogP contribution < -0.4 is 4.90 Å². The lowest BCUT2D eigenvalue weighted by atomic mass is 9.59. The van der Waals surface area contributed by atoms with Crippen molar-refractivity contribution in [2.24, 2.45) is 17.8 Å². The lowest BCUT2D eigenvalue weighted by molar-refractivity contribution is -0.123. The van der Waals surface area contributed by atoms with E-state index in [9.17, 15) is 24.3 Å². The molecule has 0 radical (unpaired) electrons. The number of anilines is 1. The van der Waals surface area contributed by atoms with Crippen LogP contribution in [0.5, 0.6) is 5.75 Å². The van der Waals surface area contributed by atoms with E-state index in [1.54, 1.807) is 43.3 Å². The molecular formula is C40H28N2O6. The number of aromatic nitrogens is 1. The fourth-order valence-corrected chi connectivity index (χ4v) is 8.30. The first-order valence-electron chi connectivity index (χ1n) is 16.0. The Hall–Kier alpha value is -5.89. The molecule has 234 valence electrons. The second kappa shape index (κ2) is 10.3. The maximum atomic E-state index is 14.4. The van der Waals surface area contributed by atoms with Crippen LogP contribution in [-0.2, 0) is 19.2 Å². The average molecular weight is 633 g/mol. The summed E-state index contributed by atoms with van der Waals surface area (Å²) in [7, 11) is 0. The minimum Gasteiger partial charge on any atom is -0.507 e. The smallest absolute Gasteiger partial charge is 0.238 e. The largest absolute Gasteiger partial charge is 0.507 e. The van der Waals surface area contributed by atoms with E-state index >= 15 is 0 Å². The molecule has 4 aliphatic rings. The second-order valence-corrected chi connectivity index (χ2v) is 13.0. The first-order valence-corrected chi connectivity index (χ1v) is 16.0. The molecule has 1 aromatic heterocycles. The summed E-state index contributed by atoms with van der Waals surface area (Å²) < 4.78 is 5.91. The molecule has 0 spiro atoms. The van der Waals surface area contributed by atoms with Gasteiger partial charge in [0.1, 0.15) is 11.3 Å². The van der Waals surface area contributed by atoms with Gasteiger partial charge in [0.05, 0.1) is 17.5 Å². The number of carbonyl (C=O) groups is 4. The summed E-state index contributed by atoms with van der Waals surface area (Å²) in [5.74, 6) is -2.79. The third kappa shape index (κ3) is 3.98. The van der Waals surface area contributed by atoms with Gasteiger partial charge in [0.15, 0.2) is 17.1 Å². The molecule has 4 atom stereocenters. The Balaban J connectivity index is 1.12. The Bertz CT molecular complexity index is 2340. The van der Waals surface area contributed by atoms with Crippen LogP contribution in [0.25, 0.3) is 33.3 Å². The minimum atomic E-state index is -0.691. The molecule has 2 amide bonds. The number of hydrogen-bond donors (Lipinski definition) is 1. The highest BCUT2D eigenvalue weighted by Gasteiger charge is 2.56. The SMILES string of the molecule is CC1=CC(=O)C2=C(C[C@@H]3C(=CC[C@@H]4C(=O)N(c5ccc(-c6nc7ccccc7o6)cc5)C(=O)[C@@H]43)[C@@H]2c2ccc(O)c3ccccc23)C1=O. The molecule has 4 aromatic carbocycles. The third-order valence-corrected chi connectivity index (χ3v) is 10.5. The molecule has 0 bridgehead atoms. The molecular weight excluding hydrogens is 604 g/mol. The number of fused-ring (bicyclic) bond motifs is 5. The molecule has 1 aliphatic heterocycles. The summed E-state index contributed by atoms with van der Waals surface area (Å²) in [5, 5.41) is 12.1. The number of amides is 2. The van der Waals surface area contributed by atoms with Gasteiger partial charge >= 0.3 is 0 Å². The zero-order valence-electron chi connectivity index (χ0n) is 25.8. The number of nitrogens with zero attached hydrogens (tertiary/aromatic N) is 2. The Morgan fingerprint density at radius 2 is 1.58 bits per heavy atom. The van der Waals surface area contributed by atoms with Crippen molar-refractivity contribution in [2.75, 3.05) is 4.90 Å². The number of imide groups is 1. The van der Waals surface area contributed by atoms with Crippen molar-refractivity contribution in [2.45, 2.75) is 25.7 Å². The first kappa shape index (κ1) is 28.3. The Kier molecular flexibility index (Phi) is 6.09. The molecule has 8 heteroatoms. The van der Waals surface area contributed by atoms with Gasteiger partial charge < -0.3 is 9.52 Å². The van der Waals surface area contributed by atoms with Crippen molar-refractivity contribution in [3.8, 4) is 17.2 Å². The number of phenolic OH excluding ortho intramolecular Hbond substituents is 1. The normalized spacial score (nSPS) is 23.7. The van der Waals surface area contributed by atoms with Gasteiger partial charge in [-0.15, -0.1) is 0 Å². The van der Waals surface area contributed by atoms with Crippen LogP contribution >= 0.6 is 0 Å². The van der Waals surface area contributed by atoms with E-state index in [4.69, 9.17) is 4.42 Å². The molecule has 1 fully saturated rings. The fraction of sp³-hybridized carbons (Fsp3) is 0.175. The van der Waals surface area contributed by atoms with E-state index in [1.807, 2.05) is 54.6 Å². The lowest BCUT2D eigenvalue weighted by Gasteiger charge is -2.42. The number of benzene rings is 4. The van der Waals surface area contributed by atoms with Crippen LogP contribution in [0.15, 0.2) is 124 Å². The van der Waals surface area contributed by atoms with Crippen LogP contribution in [-0.4, -0.2) is 33.5 Å². The van der Waals surface area contributed by atoms with Gasteiger partial charge in [-0.3, -0.25) is 24.1 Å². The number of phenols is 1. The number of carbonyl (C=O) groups excluding carboxylic acids is 4. The van der Waals surface area contributed by atoms with Crippen molar-refractivity contribution in [3.05, 3.63) is 125 Å². The van der Waals surface area contributed by atoms with Gasteiger partial charge in [-0.05, 0) is 85.2 Å². The molecule has 1 saturated heterocycles. The van der Waals surface area contributed by atoms with Crippen LogP contribution in [0.2, 0.25) is 0 Å². The zero-order valence-corrected chi connectivity index (χ0v) is 25.8. The zero-order chi connectivity index (χ0) is 32.8. The van der Waals surface area contributed by atoms with Gasteiger partial charge in [-0.2, -0.15) is 0 Å². The molecule has 2 heterocycles. The number of aromatic hydroxyl groups is 1. The monoisotopic (exact) mass is 632 g/mol. The van der Waals surface area contributed by atoms with Crippen molar-refractivity contribution in [3.63, 3.8) is 0 Å². The van der Waals surface area contributed by atoms with Gasteiger partial charge in [0.25, 0.3) is 0 Å². The highest BCUT2D eigenvalue weighted by atomic mass is 16.3. The molecule has 5 aromatic rings. The first-order chi connectivity index (χ1) is 23.3. The standard InChI is InChI=1S/C40H28N2O6/c1-20-18-32(44)36-29(37(20)45)19-28-26(34(36)25-16-17-31(43)24-7-3-2-6-23(24)25)14-15-27-35(28)40(47)42(39(27)46)22-12-10-21(11-13-22)38-41-30-8-4-5-9-33(30)48-38/h2-14,16-18,27-28,34-35,43H,15,19H2,1H3/t27-,28+,34-,35-/m0/s1. The maximum absolute atomic E-state index is 14.4. The van der Waals surface area contributed by atoms with Crippen molar-refractivity contribution >= 4 is 50.9 Å². The summed E-state index contributed by atoms with van der Waals surface area (Å²) in [6.07, 6.45) is 3.95. The summed E-state index contributed by atoms with van der Waals surface area (Å²) in [5.41, 5.74) is 5.43. The van der Waals surface area contributed by atoms with Crippen molar-refractivity contribution < 1.29 is 28.7 Å². The molecule has 48 heavy (non-hydrogen) atoms. The fourth-order valence-electron chi connectivity index (χ4n) is 8.30. The van der Waals surface area contributed by atoms with Crippen LogP contribution in [0.3, 0.4) is 0 Å². The predicted octanol–water partition coefficient (Wildman–Crippen LogP) is 6.99. The van der Waals surface area contributed by atoms with Gasteiger partial charge in [-0.1, -0.05) is 54.1 Å². The van der Waals surface area contributed by atoms with Crippen LogP contribution in [0.4, 0.5) is 5.69 Å². The van der Waals surface area contributed by atoms with E-state index in [2.05, 4.69) is 4.98 Å². The average Bonchev–Trinajstić information content (AvgIpc) is 3.65. The van der Waals surface area contributed by atoms with E-state index in [-0.39, 0.29) is 35.6 Å². The highest BCUT2D eigenvalue weighted by Crippen LogP contribution is 2.56. The van der Waals surface area contributed by atoms with Crippen LogP contribution in [0.1, 0.15) is 31.2 Å². The van der Waals surface area contributed by atoms with E-state index in [0.29, 0.717) is 45.7 Å². The molecule has 0 saturated carbocycles. The van der Waals surface area contributed by atoms with Crippen LogP contribution in [0, 0.1) is 17.8 Å². The summed E-state index contributed by atoms with van der Waals surface area (Å²) in [4.78, 5) is 61.6. The Morgan fingerprint density at radius 1 is 0.833 bits per heavy atom. The summed E-state index contributed by atoms with van der Waals surface area (Å²) >= 11 is 0. The van der Waals surface area contributed by atoms with E-state index in [0.717, 1.165) is 27.6 Å². The Morgan fingerprint density at radius 3 is 2.38 bits per heavy atom. The third-order valence-electron chi connectivity index (χ3n) is 10.5. The predicted molar refractivity (Wildman–Crippen MR) is 179 cm³/mol. The summed E-state index contributed by atoms with van der Waals surface area (Å²) in [6, 6.07) is 25.4. The number of rotatable bonds is 3. The van der Waals surface area contributed by atoms with E-state index in [1.165, 1.54) is 11.0 Å². The van der Waals surface area contributed by atoms with Gasteiger partial charge in [0.2, 0.25) is 17.7 Å². The number of Topliss-reactive ketones (excluding diaryl/α,β-unsaturated/α-hetero) is 1. The lowest BCUT2D eigenvalue weighted by Crippen LogP contribution is -2.39. The van der Waals surface area contributed by atoms with Gasteiger partial charge in [0, 0.05) is 33.6 Å². The molecule has 8 nitrogen and oxygen atoms in total. The topological polar surface area (TPSA) is 118 Å². The number of oxazole rings is 1. The number of ketones is 2. The molecule has 9 rings (SSSR count). The number of para-hydroxylation sites is 2. The molecule has 3 aliphatic carbocycles. The van der Waals surface area contributed by atoms with Gasteiger partial charge in [-0.25, -0.2) is 4.98 Å². The summed E-state index contributed by atoms with van der Waals surface area (Å²) in [6.45, 7) is 1.64. The van der Waals surface area contributed by atoms with E-state index < -0.39 is 23.7 Å². The maximum Gasteiger partial charge on any atom is 0.238 e. The second-order valence-electron chi connectivity index (χ2n) is 13.0. The van der Waals surface area contributed by atoms with Crippen molar-refractivity contribution in [1.82, 2.24) is 4.98 Å². The number of allylic oxidation sites excluding steroid dienone is 6. The molecule has 0 unspecified atom stereocenters. The molecule has 1 N–H and O–H groups in total. The quantitative estimate of drug-likeness (QED) is 0.129.